The third-order valence-electron chi connectivity index (χ3n) is 4.46. The summed E-state index contributed by atoms with van der Waals surface area (Å²) in [6.07, 6.45) is 1.58. The Balaban J connectivity index is 1.34. The van der Waals surface area contributed by atoms with Crippen molar-refractivity contribution in [1.82, 2.24) is 25.5 Å². The Kier molecular flexibility index (Phi) is 6.93. The lowest BCUT2D eigenvalue weighted by atomic mass is 10.1. The third kappa shape index (κ3) is 5.61. The predicted octanol–water partition coefficient (Wildman–Crippen LogP) is 2.98. The Hall–Kier alpha value is -3.92. The Bertz CT molecular complexity index is 1180. The van der Waals surface area contributed by atoms with Gasteiger partial charge in [-0.1, -0.05) is 54.2 Å². The van der Waals surface area contributed by atoms with Crippen molar-refractivity contribution >= 4 is 29.3 Å². The molecule has 0 spiro atoms. The molecule has 2 aromatic heterocycles. The molecule has 2 amide bonds. The van der Waals surface area contributed by atoms with Crippen molar-refractivity contribution in [2.75, 3.05) is 11.1 Å². The molecule has 2 aromatic carbocycles. The number of furan rings is 1. The van der Waals surface area contributed by atoms with Crippen molar-refractivity contribution in [2.24, 2.45) is 0 Å². The molecule has 162 valence electrons. The summed E-state index contributed by atoms with van der Waals surface area (Å²) in [6, 6.07) is 20.1. The van der Waals surface area contributed by atoms with Crippen molar-refractivity contribution in [3.05, 3.63) is 89.9 Å². The van der Waals surface area contributed by atoms with Gasteiger partial charge < -0.3 is 15.1 Å². The van der Waals surface area contributed by atoms with Gasteiger partial charge in [0.1, 0.15) is 12.3 Å². The van der Waals surface area contributed by atoms with Gasteiger partial charge in [-0.15, -0.1) is 5.10 Å². The van der Waals surface area contributed by atoms with E-state index >= 15 is 0 Å². The van der Waals surface area contributed by atoms with Crippen LogP contribution in [0.1, 0.15) is 21.7 Å². The fourth-order valence-electron chi connectivity index (χ4n) is 2.93. The first-order chi connectivity index (χ1) is 15.7. The highest BCUT2D eigenvalue weighted by molar-refractivity contribution is 7.99. The average molecular weight is 449 g/mol. The first kappa shape index (κ1) is 21.3. The molecule has 4 rings (SSSR count). The second-order valence-electron chi connectivity index (χ2n) is 6.75. The normalized spacial score (nSPS) is 10.6. The number of benzene rings is 2. The van der Waals surface area contributed by atoms with E-state index in [-0.39, 0.29) is 17.6 Å². The van der Waals surface area contributed by atoms with Gasteiger partial charge in [0.05, 0.1) is 23.3 Å². The van der Waals surface area contributed by atoms with Crippen LogP contribution >= 0.6 is 11.8 Å². The van der Waals surface area contributed by atoms with Crippen LogP contribution in [0.3, 0.4) is 0 Å². The van der Waals surface area contributed by atoms with Gasteiger partial charge in [0.25, 0.3) is 5.91 Å². The van der Waals surface area contributed by atoms with E-state index < -0.39 is 0 Å². The number of anilines is 1. The minimum absolute atomic E-state index is 0.0818. The average Bonchev–Trinajstić information content (AvgIpc) is 3.49. The van der Waals surface area contributed by atoms with Gasteiger partial charge >= 0.3 is 0 Å². The molecule has 0 aliphatic carbocycles. The standard InChI is InChI=1S/C22H20N6O3S/c29-20(15-32-22-25-26-27-28(22)14-17-9-6-12-31-17)24-19-11-5-4-10-18(19)21(30)23-13-16-7-2-1-3-8-16/h1-12H,13-15H2,(H,23,30)(H,24,29). The number of thioether (sulfide) groups is 1. The maximum absolute atomic E-state index is 12.7. The zero-order valence-corrected chi connectivity index (χ0v) is 17.8. The van der Waals surface area contributed by atoms with Gasteiger partial charge in [-0.05, 0) is 40.3 Å². The Morgan fingerprint density at radius 2 is 1.81 bits per heavy atom. The molecule has 0 atom stereocenters. The summed E-state index contributed by atoms with van der Waals surface area (Å²) in [5.74, 6) is 0.253. The predicted molar refractivity (Wildman–Crippen MR) is 119 cm³/mol. The fourth-order valence-corrected chi connectivity index (χ4v) is 3.61. The minimum Gasteiger partial charge on any atom is -0.467 e. The van der Waals surface area contributed by atoms with Crippen LogP contribution in [0.25, 0.3) is 0 Å². The van der Waals surface area contributed by atoms with Crippen LogP contribution in [-0.2, 0) is 17.9 Å². The van der Waals surface area contributed by atoms with E-state index in [1.165, 1.54) is 11.8 Å². The minimum atomic E-state index is -0.272. The van der Waals surface area contributed by atoms with Gasteiger partial charge in [0.2, 0.25) is 11.1 Å². The Labute approximate surface area is 188 Å². The Morgan fingerprint density at radius 1 is 1.00 bits per heavy atom. The highest BCUT2D eigenvalue weighted by atomic mass is 32.2. The molecule has 0 saturated heterocycles. The number of rotatable bonds is 9. The molecule has 4 aromatic rings. The zero-order valence-electron chi connectivity index (χ0n) is 17.0. The summed E-state index contributed by atoms with van der Waals surface area (Å²) < 4.78 is 6.86. The molecule has 10 heteroatoms. The summed E-state index contributed by atoms with van der Waals surface area (Å²) in [4.78, 5) is 25.2. The maximum atomic E-state index is 12.7. The number of carbonyl (C=O) groups is 2. The number of para-hydroxylation sites is 1. The van der Waals surface area contributed by atoms with E-state index in [0.29, 0.717) is 35.3 Å². The molecule has 9 nitrogen and oxygen atoms in total. The second kappa shape index (κ2) is 10.4. The number of hydrogen-bond donors (Lipinski definition) is 2. The number of nitrogens with zero attached hydrogens (tertiary/aromatic N) is 4. The van der Waals surface area contributed by atoms with Crippen LogP contribution in [-0.4, -0.2) is 37.8 Å². The molecule has 32 heavy (non-hydrogen) atoms. The molecule has 0 fully saturated rings. The summed E-state index contributed by atoms with van der Waals surface area (Å²) in [5, 5.41) is 17.7. The summed E-state index contributed by atoms with van der Waals surface area (Å²) in [6.45, 7) is 0.768. The van der Waals surface area contributed by atoms with E-state index in [4.69, 9.17) is 4.42 Å². The summed E-state index contributed by atoms with van der Waals surface area (Å²) in [7, 11) is 0. The SMILES string of the molecule is O=C(CSc1nnnn1Cc1ccco1)Nc1ccccc1C(=O)NCc1ccccc1. The van der Waals surface area contributed by atoms with Gasteiger partial charge in [-0.25, -0.2) is 4.68 Å². The van der Waals surface area contributed by atoms with Crippen LogP contribution in [0, 0.1) is 0 Å². The first-order valence-corrected chi connectivity index (χ1v) is 10.8. The lowest BCUT2D eigenvalue weighted by Crippen LogP contribution is -2.25. The number of hydrogen-bond acceptors (Lipinski definition) is 7. The van der Waals surface area contributed by atoms with Crippen molar-refractivity contribution in [2.45, 2.75) is 18.2 Å². The van der Waals surface area contributed by atoms with Crippen LogP contribution < -0.4 is 10.6 Å². The Morgan fingerprint density at radius 3 is 2.62 bits per heavy atom. The lowest BCUT2D eigenvalue weighted by Gasteiger charge is -2.11. The lowest BCUT2D eigenvalue weighted by molar-refractivity contribution is -0.113. The van der Waals surface area contributed by atoms with Crippen molar-refractivity contribution < 1.29 is 14.0 Å². The van der Waals surface area contributed by atoms with Gasteiger partial charge in [-0.2, -0.15) is 0 Å². The second-order valence-corrected chi connectivity index (χ2v) is 7.69. The molecule has 0 aliphatic rings. The summed E-state index contributed by atoms with van der Waals surface area (Å²) in [5.41, 5.74) is 1.83. The first-order valence-electron chi connectivity index (χ1n) is 9.81. The van der Waals surface area contributed by atoms with Gasteiger partial charge in [0.15, 0.2) is 0 Å². The van der Waals surface area contributed by atoms with E-state index in [1.54, 1.807) is 41.3 Å². The van der Waals surface area contributed by atoms with Crippen molar-refractivity contribution in [1.29, 1.82) is 0 Å². The van der Waals surface area contributed by atoms with Crippen LogP contribution in [0.4, 0.5) is 5.69 Å². The maximum Gasteiger partial charge on any atom is 0.253 e. The van der Waals surface area contributed by atoms with Crippen molar-refractivity contribution in [3.8, 4) is 0 Å². The van der Waals surface area contributed by atoms with E-state index in [0.717, 1.165) is 5.56 Å². The zero-order chi connectivity index (χ0) is 22.2. The number of amides is 2. The van der Waals surface area contributed by atoms with E-state index in [9.17, 15) is 9.59 Å². The van der Waals surface area contributed by atoms with E-state index in [1.807, 2.05) is 36.4 Å². The highest BCUT2D eigenvalue weighted by Crippen LogP contribution is 2.18. The molecule has 0 aliphatic heterocycles. The van der Waals surface area contributed by atoms with Crippen LogP contribution in [0.15, 0.2) is 82.6 Å². The molecule has 0 unspecified atom stereocenters. The number of tetrazole rings is 1. The van der Waals surface area contributed by atoms with Crippen molar-refractivity contribution in [3.63, 3.8) is 0 Å². The molecule has 2 heterocycles. The molecule has 2 N–H and O–H groups in total. The van der Waals surface area contributed by atoms with Gasteiger partial charge in [-0.3, -0.25) is 9.59 Å². The number of nitrogens with one attached hydrogen (secondary N) is 2. The quantitative estimate of drug-likeness (QED) is 0.378. The van der Waals surface area contributed by atoms with Gasteiger partial charge in [0, 0.05) is 6.54 Å². The smallest absolute Gasteiger partial charge is 0.253 e. The monoisotopic (exact) mass is 448 g/mol. The number of aromatic nitrogens is 4. The summed E-state index contributed by atoms with van der Waals surface area (Å²) >= 11 is 1.20. The topological polar surface area (TPSA) is 115 Å². The highest BCUT2D eigenvalue weighted by Gasteiger charge is 2.15. The van der Waals surface area contributed by atoms with Crippen LogP contribution in [0.5, 0.6) is 0 Å². The third-order valence-corrected chi connectivity index (χ3v) is 5.42. The molecule has 0 saturated carbocycles. The molecular weight excluding hydrogens is 428 g/mol. The fraction of sp³-hybridized carbons (Fsp3) is 0.136. The number of carbonyl (C=O) groups excluding carboxylic acids is 2. The van der Waals surface area contributed by atoms with E-state index in [2.05, 4.69) is 26.2 Å². The molecule has 0 radical (unpaired) electrons. The van der Waals surface area contributed by atoms with Crippen LogP contribution in [0.2, 0.25) is 0 Å². The molecule has 0 bridgehead atoms. The largest absolute Gasteiger partial charge is 0.467 e. The molecular formula is C22H20N6O3S.